The summed E-state index contributed by atoms with van der Waals surface area (Å²) in [7, 11) is 1.65. The molecule has 7 heteroatoms. The number of nitrogens with zero attached hydrogens (tertiary/aromatic N) is 2. The van der Waals surface area contributed by atoms with Gasteiger partial charge in [-0.1, -0.05) is 24.8 Å². The Morgan fingerprint density at radius 1 is 1.41 bits per heavy atom. The van der Waals surface area contributed by atoms with E-state index < -0.39 is 12.1 Å². The summed E-state index contributed by atoms with van der Waals surface area (Å²) < 4.78 is 6.24. The van der Waals surface area contributed by atoms with Crippen LogP contribution in [-0.2, 0) is 11.8 Å². The fourth-order valence-electron chi connectivity index (χ4n) is 1.86. The number of amides is 1. The molecule has 0 aliphatic rings. The Morgan fingerprint density at radius 3 is 2.68 bits per heavy atom. The molecule has 0 saturated heterocycles. The Labute approximate surface area is 126 Å². The van der Waals surface area contributed by atoms with Crippen molar-refractivity contribution in [2.45, 2.75) is 0 Å². The maximum Gasteiger partial charge on any atom is 0.411 e. The lowest BCUT2D eigenvalue weighted by Gasteiger charge is -2.06. The van der Waals surface area contributed by atoms with E-state index in [1.54, 1.807) is 31.3 Å². The zero-order chi connectivity index (χ0) is 16.1. The van der Waals surface area contributed by atoms with E-state index in [0.29, 0.717) is 16.9 Å². The van der Waals surface area contributed by atoms with Gasteiger partial charge < -0.3 is 9.84 Å². The highest BCUT2D eigenvalue weighted by atomic mass is 16.5. The second-order valence-corrected chi connectivity index (χ2v) is 4.46. The van der Waals surface area contributed by atoms with E-state index in [-0.39, 0.29) is 12.2 Å². The van der Waals surface area contributed by atoms with Crippen molar-refractivity contribution < 1.29 is 19.4 Å². The van der Waals surface area contributed by atoms with E-state index in [1.165, 1.54) is 17.0 Å². The first-order valence-electron chi connectivity index (χ1n) is 6.43. The fourth-order valence-corrected chi connectivity index (χ4v) is 1.86. The summed E-state index contributed by atoms with van der Waals surface area (Å²) in [5, 5.41) is 15.9. The molecule has 114 valence electrons. The summed E-state index contributed by atoms with van der Waals surface area (Å²) in [5.74, 6) is -1.04. The number of hydrogen-bond donors (Lipinski definition) is 2. The number of carboxylic acids is 1. The second-order valence-electron chi connectivity index (χ2n) is 4.46. The molecule has 1 aromatic heterocycles. The molecular formula is C15H15N3O4. The molecule has 7 nitrogen and oxygen atoms in total. The molecule has 1 heterocycles. The van der Waals surface area contributed by atoms with E-state index in [2.05, 4.69) is 17.0 Å². The molecule has 1 aromatic carbocycles. The van der Waals surface area contributed by atoms with Crippen LogP contribution in [0.2, 0.25) is 0 Å². The summed E-state index contributed by atoms with van der Waals surface area (Å²) in [6.45, 7) is 3.57. The first kappa shape index (κ1) is 15.3. The number of aromatic carboxylic acids is 1. The number of rotatable bonds is 5. The SMILES string of the molecule is C=CCOC(=O)Nc1ccc(-c2nn(C)cc2C(=O)O)cc1. The van der Waals surface area contributed by atoms with Gasteiger partial charge in [-0.3, -0.25) is 10.00 Å². The zero-order valence-corrected chi connectivity index (χ0v) is 11.9. The molecule has 0 atom stereocenters. The van der Waals surface area contributed by atoms with Gasteiger partial charge in [0.1, 0.15) is 17.9 Å². The number of benzene rings is 1. The number of aryl methyl sites for hydroxylation is 1. The van der Waals surface area contributed by atoms with Gasteiger partial charge in [-0.2, -0.15) is 5.10 Å². The van der Waals surface area contributed by atoms with Gasteiger partial charge in [-0.15, -0.1) is 0 Å². The van der Waals surface area contributed by atoms with Crippen molar-refractivity contribution in [3.63, 3.8) is 0 Å². The molecular weight excluding hydrogens is 286 g/mol. The van der Waals surface area contributed by atoms with Gasteiger partial charge in [-0.05, 0) is 12.1 Å². The van der Waals surface area contributed by atoms with Crippen LogP contribution >= 0.6 is 0 Å². The number of hydrogen-bond acceptors (Lipinski definition) is 4. The summed E-state index contributed by atoms with van der Waals surface area (Å²) >= 11 is 0. The summed E-state index contributed by atoms with van der Waals surface area (Å²) in [4.78, 5) is 22.6. The molecule has 0 saturated carbocycles. The molecule has 0 bridgehead atoms. The molecule has 2 aromatic rings. The monoisotopic (exact) mass is 301 g/mol. The highest BCUT2D eigenvalue weighted by molar-refractivity contribution is 5.94. The van der Waals surface area contributed by atoms with Crippen molar-refractivity contribution >= 4 is 17.7 Å². The average Bonchev–Trinajstić information content (AvgIpc) is 2.88. The lowest BCUT2D eigenvalue weighted by molar-refractivity contribution is 0.0697. The summed E-state index contributed by atoms with van der Waals surface area (Å²) in [6, 6.07) is 6.64. The third-order valence-electron chi connectivity index (χ3n) is 2.80. The molecule has 0 aliphatic heterocycles. The maximum absolute atomic E-state index is 11.4. The molecule has 0 fully saturated rings. The average molecular weight is 301 g/mol. The minimum Gasteiger partial charge on any atom is -0.478 e. The van der Waals surface area contributed by atoms with Crippen LogP contribution in [0.15, 0.2) is 43.1 Å². The van der Waals surface area contributed by atoms with Crippen molar-refractivity contribution in [1.29, 1.82) is 0 Å². The normalized spacial score (nSPS) is 10.0. The van der Waals surface area contributed by atoms with Gasteiger partial charge in [0.15, 0.2) is 0 Å². The van der Waals surface area contributed by atoms with Crippen molar-refractivity contribution in [3.05, 3.63) is 48.7 Å². The maximum atomic E-state index is 11.4. The number of nitrogens with one attached hydrogen (secondary N) is 1. The van der Waals surface area contributed by atoms with Crippen molar-refractivity contribution in [1.82, 2.24) is 9.78 Å². The molecule has 0 aliphatic carbocycles. The minimum absolute atomic E-state index is 0.119. The largest absolute Gasteiger partial charge is 0.478 e. The van der Waals surface area contributed by atoms with Gasteiger partial charge >= 0.3 is 12.1 Å². The number of carboxylic acid groups (broad SMARTS) is 1. The van der Waals surface area contributed by atoms with Crippen LogP contribution in [0.25, 0.3) is 11.3 Å². The topological polar surface area (TPSA) is 93.5 Å². The van der Waals surface area contributed by atoms with Crippen LogP contribution in [-0.4, -0.2) is 33.6 Å². The molecule has 1 amide bonds. The highest BCUT2D eigenvalue weighted by Gasteiger charge is 2.16. The fraction of sp³-hybridized carbons (Fsp3) is 0.133. The van der Waals surface area contributed by atoms with Crippen molar-refractivity contribution in [3.8, 4) is 11.3 Å². The molecule has 2 rings (SSSR count). The quantitative estimate of drug-likeness (QED) is 0.828. The van der Waals surface area contributed by atoms with E-state index in [4.69, 9.17) is 9.84 Å². The van der Waals surface area contributed by atoms with Gasteiger partial charge in [0.05, 0.1) is 0 Å². The molecule has 2 N–H and O–H groups in total. The second kappa shape index (κ2) is 6.57. The first-order chi connectivity index (χ1) is 10.5. The lowest BCUT2D eigenvalue weighted by Crippen LogP contribution is -2.13. The molecule has 0 spiro atoms. The van der Waals surface area contributed by atoms with Crippen LogP contribution in [0, 0.1) is 0 Å². The Morgan fingerprint density at radius 2 is 2.09 bits per heavy atom. The van der Waals surface area contributed by atoms with Gasteiger partial charge in [-0.25, -0.2) is 9.59 Å². The predicted octanol–water partition coefficient (Wildman–Crippen LogP) is 2.52. The number of aromatic nitrogens is 2. The van der Waals surface area contributed by atoms with Crippen LogP contribution in [0.3, 0.4) is 0 Å². The highest BCUT2D eigenvalue weighted by Crippen LogP contribution is 2.23. The summed E-state index contributed by atoms with van der Waals surface area (Å²) in [6.07, 6.45) is 2.32. The lowest BCUT2D eigenvalue weighted by atomic mass is 10.1. The number of carbonyl (C=O) groups is 2. The minimum atomic E-state index is -1.04. The Balaban J connectivity index is 2.17. The Hall–Kier alpha value is -3.09. The van der Waals surface area contributed by atoms with E-state index in [0.717, 1.165) is 0 Å². The van der Waals surface area contributed by atoms with E-state index in [1.807, 2.05) is 0 Å². The Kier molecular flexibility index (Phi) is 4.57. The third kappa shape index (κ3) is 3.51. The third-order valence-corrected chi connectivity index (χ3v) is 2.80. The van der Waals surface area contributed by atoms with Crippen LogP contribution < -0.4 is 5.32 Å². The number of anilines is 1. The Bertz CT molecular complexity index is 704. The van der Waals surface area contributed by atoms with E-state index >= 15 is 0 Å². The van der Waals surface area contributed by atoms with Gasteiger partial charge in [0.25, 0.3) is 0 Å². The van der Waals surface area contributed by atoms with Crippen LogP contribution in [0.4, 0.5) is 10.5 Å². The van der Waals surface area contributed by atoms with Crippen LogP contribution in [0.5, 0.6) is 0 Å². The zero-order valence-electron chi connectivity index (χ0n) is 11.9. The molecule has 0 radical (unpaired) electrons. The standard InChI is InChI=1S/C15H15N3O4/c1-3-8-22-15(21)16-11-6-4-10(5-7-11)13-12(14(19)20)9-18(2)17-13/h3-7,9H,1,8H2,2H3,(H,16,21)(H,19,20). The van der Waals surface area contributed by atoms with Gasteiger partial charge in [0, 0.05) is 24.5 Å². The molecule has 22 heavy (non-hydrogen) atoms. The number of carbonyl (C=O) groups excluding carboxylic acids is 1. The van der Waals surface area contributed by atoms with E-state index in [9.17, 15) is 9.59 Å². The van der Waals surface area contributed by atoms with Gasteiger partial charge in [0.2, 0.25) is 0 Å². The van der Waals surface area contributed by atoms with Crippen LogP contribution in [0.1, 0.15) is 10.4 Å². The molecule has 0 unspecified atom stereocenters. The predicted molar refractivity (Wildman–Crippen MR) is 80.8 cm³/mol. The smallest absolute Gasteiger partial charge is 0.411 e. The first-order valence-corrected chi connectivity index (χ1v) is 6.43. The number of ether oxygens (including phenoxy) is 1. The van der Waals surface area contributed by atoms with Crippen molar-refractivity contribution in [2.75, 3.05) is 11.9 Å². The van der Waals surface area contributed by atoms with Crippen molar-refractivity contribution in [2.24, 2.45) is 7.05 Å². The summed E-state index contributed by atoms with van der Waals surface area (Å²) in [5.41, 5.74) is 1.66.